The number of ketones is 1. The second-order valence-electron chi connectivity index (χ2n) is 2.56. The van der Waals surface area contributed by atoms with E-state index in [4.69, 9.17) is 0 Å². The number of rotatable bonds is 6. The molecule has 0 fully saturated rings. The fourth-order valence-electron chi connectivity index (χ4n) is 0.791. The maximum atomic E-state index is 11.3. The minimum absolute atomic E-state index is 0.188. The molecule has 0 saturated carbocycles. The summed E-state index contributed by atoms with van der Waals surface area (Å²) >= 11 is 2.86. The fraction of sp³-hybridized carbons (Fsp3) is 0.667. The van der Waals surface area contributed by atoms with Crippen LogP contribution in [-0.4, -0.2) is 35.8 Å². The lowest BCUT2D eigenvalue weighted by atomic mass is 10.2. The van der Waals surface area contributed by atoms with Crippen molar-refractivity contribution in [2.45, 2.75) is 25.1 Å². The number of hydrogen-bond acceptors (Lipinski definition) is 5. The average molecular weight is 281 g/mol. The predicted molar refractivity (Wildman–Crippen MR) is 55.6 cm³/mol. The Morgan fingerprint density at radius 3 is 2.13 bits per heavy atom. The lowest BCUT2D eigenvalue weighted by Crippen LogP contribution is -2.28. The summed E-state index contributed by atoms with van der Waals surface area (Å²) in [6.45, 7) is 3.67. The molecule has 0 bridgehead atoms. The molecule has 0 heterocycles. The molecule has 15 heavy (non-hydrogen) atoms. The molecule has 1 unspecified atom stereocenters. The van der Waals surface area contributed by atoms with Gasteiger partial charge in [-0.05, 0) is 13.8 Å². The molecular formula is C9H13BrO5. The van der Waals surface area contributed by atoms with Crippen molar-refractivity contribution in [3.05, 3.63) is 0 Å². The van der Waals surface area contributed by atoms with Crippen molar-refractivity contribution in [2.24, 2.45) is 0 Å². The van der Waals surface area contributed by atoms with E-state index in [1.165, 1.54) is 0 Å². The minimum atomic E-state index is -1.10. The van der Waals surface area contributed by atoms with Crippen LogP contribution in [0.5, 0.6) is 0 Å². The summed E-state index contributed by atoms with van der Waals surface area (Å²) in [6, 6.07) is 0. The molecule has 0 aromatic carbocycles. The van der Waals surface area contributed by atoms with E-state index in [0.29, 0.717) is 0 Å². The normalized spacial score (nSPS) is 11.7. The van der Waals surface area contributed by atoms with Gasteiger partial charge >= 0.3 is 11.9 Å². The third-order valence-corrected chi connectivity index (χ3v) is 2.28. The van der Waals surface area contributed by atoms with Gasteiger partial charge in [0.2, 0.25) is 0 Å². The van der Waals surface area contributed by atoms with E-state index in [2.05, 4.69) is 25.4 Å². The minimum Gasteiger partial charge on any atom is -0.466 e. The topological polar surface area (TPSA) is 69.7 Å². The van der Waals surface area contributed by atoms with Crippen LogP contribution in [0, 0.1) is 0 Å². The van der Waals surface area contributed by atoms with Crippen molar-refractivity contribution < 1.29 is 23.9 Å². The average Bonchev–Trinajstić information content (AvgIpc) is 2.17. The standard InChI is InChI=1S/C9H13BrO5/c1-3-14-7(12)5-6(11)8(10)9(13)15-4-2/h8H,3-5H2,1-2H3. The van der Waals surface area contributed by atoms with Crippen LogP contribution >= 0.6 is 15.9 Å². The Bertz CT molecular complexity index is 251. The maximum absolute atomic E-state index is 11.3. The van der Waals surface area contributed by atoms with E-state index < -0.39 is 29.0 Å². The van der Waals surface area contributed by atoms with Crippen LogP contribution < -0.4 is 0 Å². The summed E-state index contributed by atoms with van der Waals surface area (Å²) in [4.78, 5) is 32.2. The molecule has 0 aliphatic carbocycles. The van der Waals surface area contributed by atoms with Gasteiger partial charge in [-0.3, -0.25) is 14.4 Å². The van der Waals surface area contributed by atoms with Gasteiger partial charge in [0.05, 0.1) is 13.2 Å². The van der Waals surface area contributed by atoms with Crippen LogP contribution in [0.1, 0.15) is 20.3 Å². The van der Waals surface area contributed by atoms with Crippen molar-refractivity contribution in [2.75, 3.05) is 13.2 Å². The van der Waals surface area contributed by atoms with Gasteiger partial charge in [0.25, 0.3) is 0 Å². The van der Waals surface area contributed by atoms with Gasteiger partial charge in [-0.2, -0.15) is 0 Å². The number of halogens is 1. The van der Waals surface area contributed by atoms with Gasteiger partial charge in [0.1, 0.15) is 6.42 Å². The molecule has 0 saturated heterocycles. The Kier molecular flexibility index (Phi) is 6.94. The Hall–Kier alpha value is -0.910. The molecule has 0 aliphatic rings. The van der Waals surface area contributed by atoms with Crippen LogP contribution in [0.3, 0.4) is 0 Å². The number of alkyl halides is 1. The molecule has 86 valence electrons. The van der Waals surface area contributed by atoms with E-state index in [1.807, 2.05) is 0 Å². The highest BCUT2D eigenvalue weighted by Gasteiger charge is 2.26. The first-order valence-electron chi connectivity index (χ1n) is 4.51. The number of Topliss-reactive ketones (excluding diaryl/α,β-unsaturated/α-hetero) is 1. The van der Waals surface area contributed by atoms with Crippen LogP contribution in [0.2, 0.25) is 0 Å². The molecule has 0 spiro atoms. The first-order chi connectivity index (χ1) is 7.02. The van der Waals surface area contributed by atoms with Gasteiger partial charge in [-0.25, -0.2) is 0 Å². The summed E-state index contributed by atoms with van der Waals surface area (Å²) in [6.07, 6.45) is -0.428. The number of esters is 2. The molecular weight excluding hydrogens is 268 g/mol. The largest absolute Gasteiger partial charge is 0.466 e. The molecule has 0 aromatic heterocycles. The summed E-state index contributed by atoms with van der Waals surface area (Å²) < 4.78 is 9.18. The summed E-state index contributed by atoms with van der Waals surface area (Å²) in [7, 11) is 0. The van der Waals surface area contributed by atoms with Gasteiger partial charge < -0.3 is 9.47 Å². The van der Waals surface area contributed by atoms with Crippen molar-refractivity contribution >= 4 is 33.7 Å². The smallest absolute Gasteiger partial charge is 0.327 e. The molecule has 0 rings (SSSR count). The first kappa shape index (κ1) is 14.1. The van der Waals surface area contributed by atoms with E-state index in [0.717, 1.165) is 0 Å². The van der Waals surface area contributed by atoms with Crippen LogP contribution in [0.15, 0.2) is 0 Å². The summed E-state index contributed by atoms with van der Waals surface area (Å²) in [5, 5.41) is 0. The molecule has 0 radical (unpaired) electrons. The lowest BCUT2D eigenvalue weighted by Gasteiger charge is -2.07. The summed E-state index contributed by atoms with van der Waals surface area (Å²) in [5.74, 6) is -1.89. The molecule has 0 aromatic rings. The third kappa shape index (κ3) is 5.51. The summed E-state index contributed by atoms with van der Waals surface area (Å²) in [5.41, 5.74) is 0. The Balaban J connectivity index is 4.09. The molecule has 6 heteroatoms. The van der Waals surface area contributed by atoms with E-state index in [9.17, 15) is 14.4 Å². The van der Waals surface area contributed by atoms with Crippen molar-refractivity contribution in [3.63, 3.8) is 0 Å². The molecule has 1 atom stereocenters. The van der Waals surface area contributed by atoms with Crippen LogP contribution in [-0.2, 0) is 23.9 Å². The van der Waals surface area contributed by atoms with Crippen molar-refractivity contribution in [1.29, 1.82) is 0 Å². The lowest BCUT2D eigenvalue weighted by molar-refractivity contribution is -0.147. The van der Waals surface area contributed by atoms with Crippen molar-refractivity contribution in [1.82, 2.24) is 0 Å². The third-order valence-electron chi connectivity index (χ3n) is 1.40. The zero-order valence-corrected chi connectivity index (χ0v) is 10.2. The van der Waals surface area contributed by atoms with Crippen molar-refractivity contribution in [3.8, 4) is 0 Å². The Morgan fingerprint density at radius 2 is 1.67 bits per heavy atom. The second-order valence-corrected chi connectivity index (χ2v) is 3.48. The zero-order chi connectivity index (χ0) is 11.8. The highest BCUT2D eigenvalue weighted by atomic mass is 79.9. The quantitative estimate of drug-likeness (QED) is 0.410. The van der Waals surface area contributed by atoms with Gasteiger partial charge in [0.15, 0.2) is 10.6 Å². The fourth-order valence-corrected chi connectivity index (χ4v) is 1.08. The highest BCUT2D eigenvalue weighted by Crippen LogP contribution is 2.07. The van der Waals surface area contributed by atoms with Crippen LogP contribution in [0.4, 0.5) is 0 Å². The van der Waals surface area contributed by atoms with Gasteiger partial charge in [-0.15, -0.1) is 0 Å². The number of ether oxygens (including phenoxy) is 2. The molecule has 5 nitrogen and oxygen atoms in total. The Labute approximate surface area is 96.2 Å². The number of carbonyl (C=O) groups excluding carboxylic acids is 3. The second kappa shape index (κ2) is 7.39. The van der Waals surface area contributed by atoms with Gasteiger partial charge in [0, 0.05) is 0 Å². The highest BCUT2D eigenvalue weighted by molar-refractivity contribution is 9.10. The SMILES string of the molecule is CCOC(=O)CC(=O)C(Br)C(=O)OCC. The van der Waals surface area contributed by atoms with Gasteiger partial charge in [-0.1, -0.05) is 15.9 Å². The molecule has 0 aliphatic heterocycles. The molecule has 0 N–H and O–H groups in total. The predicted octanol–water partition coefficient (Wildman–Crippen LogP) is 0.835. The first-order valence-corrected chi connectivity index (χ1v) is 5.43. The molecule has 0 amide bonds. The van der Waals surface area contributed by atoms with E-state index in [-0.39, 0.29) is 13.2 Å². The van der Waals surface area contributed by atoms with E-state index in [1.54, 1.807) is 13.8 Å². The zero-order valence-electron chi connectivity index (χ0n) is 8.62. The monoisotopic (exact) mass is 280 g/mol. The maximum Gasteiger partial charge on any atom is 0.327 e. The number of hydrogen-bond donors (Lipinski definition) is 0. The van der Waals surface area contributed by atoms with E-state index >= 15 is 0 Å². The Morgan fingerprint density at radius 1 is 1.13 bits per heavy atom. The number of carbonyl (C=O) groups is 3. The van der Waals surface area contributed by atoms with Crippen LogP contribution in [0.25, 0.3) is 0 Å².